The molecule has 1 heterocycles. The molecule has 6 nitrogen and oxygen atoms in total. The molecule has 2 aromatic rings. The van der Waals surface area contributed by atoms with E-state index in [1.807, 2.05) is 36.4 Å². The van der Waals surface area contributed by atoms with E-state index in [-0.39, 0.29) is 18.2 Å². The summed E-state index contributed by atoms with van der Waals surface area (Å²) in [4.78, 5) is 31.7. The summed E-state index contributed by atoms with van der Waals surface area (Å²) in [6.45, 7) is 6.17. The molecule has 1 N–H and O–H groups in total. The zero-order valence-corrected chi connectivity index (χ0v) is 17.9. The summed E-state index contributed by atoms with van der Waals surface area (Å²) in [6, 6.07) is 15.1. The standard InChI is InChI=1S/C23H25N3O3S/c1-4-13-26-22(28)20(15-21(27)25-18-11-6-7-12-19(18)29-3)30-23(26)24-17-10-8-9-16(5-2)14-17/h4,6-12,14,20H,1,5,13,15H2,2-3H3,(H,25,27)/t20-/m0/s1. The number of aliphatic imine (C=N–C) groups is 1. The Morgan fingerprint density at radius 3 is 2.83 bits per heavy atom. The first-order valence-electron chi connectivity index (χ1n) is 9.75. The van der Waals surface area contributed by atoms with Crippen molar-refractivity contribution >= 4 is 40.1 Å². The molecule has 1 saturated heterocycles. The number of nitrogens with one attached hydrogen (secondary N) is 1. The van der Waals surface area contributed by atoms with Crippen LogP contribution in [0.5, 0.6) is 5.75 Å². The molecule has 0 saturated carbocycles. The number of hydrogen-bond donors (Lipinski definition) is 1. The van der Waals surface area contributed by atoms with Crippen LogP contribution in [-0.2, 0) is 16.0 Å². The van der Waals surface area contributed by atoms with Gasteiger partial charge in [-0.2, -0.15) is 0 Å². The van der Waals surface area contributed by atoms with Crippen molar-refractivity contribution in [2.24, 2.45) is 4.99 Å². The van der Waals surface area contributed by atoms with Gasteiger partial charge in [0, 0.05) is 13.0 Å². The molecule has 0 aliphatic carbocycles. The van der Waals surface area contributed by atoms with Gasteiger partial charge in [-0.3, -0.25) is 14.5 Å². The highest BCUT2D eigenvalue weighted by molar-refractivity contribution is 8.15. The Balaban J connectivity index is 1.75. The van der Waals surface area contributed by atoms with Crippen LogP contribution in [-0.4, -0.2) is 40.8 Å². The highest BCUT2D eigenvalue weighted by Gasteiger charge is 2.38. The molecule has 2 aromatic carbocycles. The summed E-state index contributed by atoms with van der Waals surface area (Å²) in [5.74, 6) is 0.182. The first kappa shape index (κ1) is 21.6. The first-order chi connectivity index (χ1) is 14.5. The number of hydrogen-bond acceptors (Lipinski definition) is 5. The second-order valence-electron chi connectivity index (χ2n) is 6.71. The number of anilines is 1. The molecular weight excluding hydrogens is 398 g/mol. The Hall–Kier alpha value is -3.06. The van der Waals surface area contributed by atoms with Gasteiger partial charge in [0.2, 0.25) is 11.8 Å². The molecule has 3 rings (SSSR count). The lowest BCUT2D eigenvalue weighted by Gasteiger charge is -2.14. The Morgan fingerprint density at radius 1 is 1.30 bits per heavy atom. The number of para-hydroxylation sites is 2. The van der Waals surface area contributed by atoms with E-state index in [0.717, 1.165) is 12.1 Å². The molecule has 0 spiro atoms. The molecule has 30 heavy (non-hydrogen) atoms. The Bertz CT molecular complexity index is 974. The fourth-order valence-corrected chi connectivity index (χ4v) is 4.26. The Morgan fingerprint density at radius 2 is 2.10 bits per heavy atom. The van der Waals surface area contributed by atoms with E-state index in [2.05, 4.69) is 23.8 Å². The number of carbonyl (C=O) groups excluding carboxylic acids is 2. The number of ether oxygens (including phenoxy) is 1. The van der Waals surface area contributed by atoms with Crippen LogP contribution in [0.1, 0.15) is 18.9 Å². The molecule has 1 aliphatic rings. The second-order valence-corrected chi connectivity index (χ2v) is 7.88. The lowest BCUT2D eigenvalue weighted by molar-refractivity contribution is -0.127. The smallest absolute Gasteiger partial charge is 0.242 e. The van der Waals surface area contributed by atoms with Gasteiger partial charge >= 0.3 is 0 Å². The third kappa shape index (κ3) is 5.10. The molecule has 7 heteroatoms. The van der Waals surface area contributed by atoms with E-state index in [1.54, 1.807) is 30.2 Å². The molecule has 1 atom stereocenters. The molecule has 156 valence electrons. The van der Waals surface area contributed by atoms with E-state index >= 15 is 0 Å². The average Bonchev–Trinajstić information content (AvgIpc) is 3.03. The predicted octanol–water partition coefficient (Wildman–Crippen LogP) is 4.40. The van der Waals surface area contributed by atoms with Gasteiger partial charge in [0.05, 0.1) is 18.5 Å². The molecular formula is C23H25N3O3S. The van der Waals surface area contributed by atoms with E-state index in [9.17, 15) is 9.59 Å². The number of rotatable bonds is 8. The van der Waals surface area contributed by atoms with Crippen LogP contribution in [0.4, 0.5) is 11.4 Å². The van der Waals surface area contributed by atoms with E-state index < -0.39 is 5.25 Å². The minimum atomic E-state index is -0.534. The number of aryl methyl sites for hydroxylation is 1. The number of amidine groups is 1. The fourth-order valence-electron chi connectivity index (χ4n) is 3.10. The van der Waals surface area contributed by atoms with Crippen LogP contribution < -0.4 is 10.1 Å². The van der Waals surface area contributed by atoms with Crippen LogP contribution in [0, 0.1) is 0 Å². The van der Waals surface area contributed by atoms with Gasteiger partial charge in [0.15, 0.2) is 5.17 Å². The van der Waals surface area contributed by atoms with Gasteiger partial charge in [0.25, 0.3) is 0 Å². The monoisotopic (exact) mass is 423 g/mol. The zero-order valence-electron chi connectivity index (χ0n) is 17.1. The van der Waals surface area contributed by atoms with Crippen molar-refractivity contribution in [1.82, 2.24) is 4.90 Å². The van der Waals surface area contributed by atoms with Crippen LogP contribution >= 0.6 is 11.8 Å². The topological polar surface area (TPSA) is 71.0 Å². The summed E-state index contributed by atoms with van der Waals surface area (Å²) in [5, 5.41) is 2.88. The number of carbonyl (C=O) groups is 2. The molecule has 0 radical (unpaired) electrons. The number of thioether (sulfide) groups is 1. The normalized spacial score (nSPS) is 17.3. The van der Waals surface area contributed by atoms with Gasteiger partial charge in [-0.15, -0.1) is 6.58 Å². The largest absolute Gasteiger partial charge is 0.495 e. The van der Waals surface area contributed by atoms with Gasteiger partial charge in [-0.1, -0.05) is 49.0 Å². The number of benzene rings is 2. The predicted molar refractivity (Wildman–Crippen MR) is 122 cm³/mol. The van der Waals surface area contributed by atoms with Crippen LogP contribution in [0.15, 0.2) is 66.2 Å². The third-order valence-corrected chi connectivity index (χ3v) is 5.80. The lowest BCUT2D eigenvalue weighted by Crippen LogP contribution is -2.33. The summed E-state index contributed by atoms with van der Waals surface area (Å²) in [7, 11) is 1.55. The summed E-state index contributed by atoms with van der Waals surface area (Å²) >= 11 is 1.31. The van der Waals surface area contributed by atoms with Gasteiger partial charge in [-0.25, -0.2) is 4.99 Å². The van der Waals surface area contributed by atoms with Crippen LogP contribution in [0.3, 0.4) is 0 Å². The van der Waals surface area contributed by atoms with Crippen molar-refractivity contribution in [2.75, 3.05) is 19.0 Å². The van der Waals surface area contributed by atoms with Gasteiger partial charge < -0.3 is 10.1 Å². The first-order valence-corrected chi connectivity index (χ1v) is 10.6. The van der Waals surface area contributed by atoms with Crippen molar-refractivity contribution in [3.05, 3.63) is 66.7 Å². The Labute approximate surface area is 181 Å². The SMILES string of the molecule is C=CCN1C(=O)[C@H](CC(=O)Nc2ccccc2OC)SC1=Nc1cccc(CC)c1. The van der Waals surface area contributed by atoms with E-state index in [1.165, 1.54) is 17.3 Å². The summed E-state index contributed by atoms with van der Waals surface area (Å²) < 4.78 is 5.26. The second kappa shape index (κ2) is 10.1. The zero-order chi connectivity index (χ0) is 21.5. The quantitative estimate of drug-likeness (QED) is 0.639. The molecule has 0 unspecified atom stereocenters. The maximum Gasteiger partial charge on any atom is 0.242 e. The maximum absolute atomic E-state index is 12.9. The van der Waals surface area contributed by atoms with Crippen LogP contribution in [0.2, 0.25) is 0 Å². The minimum absolute atomic E-state index is 0.0449. The molecule has 0 bridgehead atoms. The molecule has 0 aromatic heterocycles. The number of nitrogens with zero attached hydrogens (tertiary/aromatic N) is 2. The fraction of sp³-hybridized carbons (Fsp3) is 0.261. The maximum atomic E-state index is 12.9. The third-order valence-electron chi connectivity index (χ3n) is 4.63. The van der Waals surface area contributed by atoms with Crippen molar-refractivity contribution in [3.8, 4) is 5.75 Å². The highest BCUT2D eigenvalue weighted by atomic mass is 32.2. The van der Waals surface area contributed by atoms with E-state index in [0.29, 0.717) is 23.1 Å². The molecule has 1 aliphatic heterocycles. The van der Waals surface area contributed by atoms with Crippen molar-refractivity contribution in [3.63, 3.8) is 0 Å². The Kier molecular flexibility index (Phi) is 7.30. The molecule has 2 amide bonds. The summed E-state index contributed by atoms with van der Waals surface area (Å²) in [6.07, 6.45) is 2.61. The average molecular weight is 424 g/mol. The van der Waals surface area contributed by atoms with Crippen molar-refractivity contribution in [1.29, 1.82) is 0 Å². The number of amides is 2. The summed E-state index contributed by atoms with van der Waals surface area (Å²) in [5.41, 5.74) is 2.54. The number of methoxy groups -OCH3 is 1. The van der Waals surface area contributed by atoms with Crippen molar-refractivity contribution < 1.29 is 14.3 Å². The van der Waals surface area contributed by atoms with Crippen LogP contribution in [0.25, 0.3) is 0 Å². The van der Waals surface area contributed by atoms with Gasteiger partial charge in [0.1, 0.15) is 11.0 Å². The van der Waals surface area contributed by atoms with Gasteiger partial charge in [-0.05, 0) is 36.2 Å². The lowest BCUT2D eigenvalue weighted by atomic mass is 10.1. The highest BCUT2D eigenvalue weighted by Crippen LogP contribution is 2.32. The van der Waals surface area contributed by atoms with Crippen molar-refractivity contribution in [2.45, 2.75) is 25.0 Å². The molecule has 1 fully saturated rings. The minimum Gasteiger partial charge on any atom is -0.495 e. The van der Waals surface area contributed by atoms with E-state index in [4.69, 9.17) is 4.74 Å².